The van der Waals surface area contributed by atoms with Crippen molar-refractivity contribution < 1.29 is 27.1 Å². The summed E-state index contributed by atoms with van der Waals surface area (Å²) in [7, 11) is -3.04. The van der Waals surface area contributed by atoms with E-state index >= 15 is 0 Å². The number of hydrogen-bond acceptors (Lipinski definition) is 5. The molecule has 1 fully saturated rings. The van der Waals surface area contributed by atoms with E-state index in [0.717, 1.165) is 0 Å². The molecule has 0 aliphatic carbocycles. The number of amides is 2. The Morgan fingerprint density at radius 2 is 1.96 bits per heavy atom. The van der Waals surface area contributed by atoms with Crippen molar-refractivity contribution in [2.45, 2.75) is 25.9 Å². The average Bonchev–Trinajstić information content (AvgIpc) is 2.85. The molecule has 2 atom stereocenters. The molecule has 9 heteroatoms. The van der Waals surface area contributed by atoms with Crippen LogP contribution in [0.15, 0.2) is 24.3 Å². The van der Waals surface area contributed by atoms with Crippen LogP contribution in [0.5, 0.6) is 5.75 Å². The van der Waals surface area contributed by atoms with Gasteiger partial charge < -0.3 is 4.74 Å². The normalized spacial score (nSPS) is 20.2. The SMILES string of the molecule is C[C@@H](Oc1ccc(F)cc1)C(=O)NNC(=O)C[C@@H]1CCS(=O)(=O)C1. The number of halogens is 1. The van der Waals surface area contributed by atoms with Gasteiger partial charge in [0.25, 0.3) is 5.91 Å². The van der Waals surface area contributed by atoms with Crippen molar-refractivity contribution in [1.29, 1.82) is 0 Å². The maximum atomic E-state index is 12.8. The summed E-state index contributed by atoms with van der Waals surface area (Å²) in [5.74, 6) is -1.26. The van der Waals surface area contributed by atoms with Crippen molar-refractivity contribution in [3.8, 4) is 5.75 Å². The molecule has 0 radical (unpaired) electrons. The van der Waals surface area contributed by atoms with Crippen molar-refractivity contribution in [2.75, 3.05) is 11.5 Å². The Balaban J connectivity index is 1.73. The van der Waals surface area contributed by atoms with E-state index in [1.807, 2.05) is 0 Å². The molecule has 24 heavy (non-hydrogen) atoms. The number of rotatable bonds is 5. The van der Waals surface area contributed by atoms with Crippen molar-refractivity contribution in [3.63, 3.8) is 0 Å². The molecule has 0 bridgehead atoms. The van der Waals surface area contributed by atoms with E-state index in [-0.39, 0.29) is 23.8 Å². The zero-order valence-corrected chi connectivity index (χ0v) is 13.9. The highest BCUT2D eigenvalue weighted by Gasteiger charge is 2.29. The standard InChI is InChI=1S/C15H19FN2O5S/c1-10(23-13-4-2-12(16)3-5-13)15(20)18-17-14(19)8-11-6-7-24(21,22)9-11/h2-5,10-11H,6-9H2,1H3,(H,17,19)(H,18,20)/t10-,11+/m1/s1. The predicted molar refractivity (Wildman–Crippen MR) is 84.2 cm³/mol. The number of ether oxygens (including phenoxy) is 1. The maximum absolute atomic E-state index is 12.8. The lowest BCUT2D eigenvalue weighted by Gasteiger charge is -2.15. The molecule has 7 nitrogen and oxygen atoms in total. The molecular weight excluding hydrogens is 339 g/mol. The maximum Gasteiger partial charge on any atom is 0.279 e. The molecule has 2 rings (SSSR count). The summed E-state index contributed by atoms with van der Waals surface area (Å²) in [5.41, 5.74) is 4.46. The lowest BCUT2D eigenvalue weighted by Crippen LogP contribution is -2.47. The number of sulfone groups is 1. The smallest absolute Gasteiger partial charge is 0.279 e. The number of hydrazine groups is 1. The Kier molecular flexibility index (Phi) is 5.76. The zero-order chi connectivity index (χ0) is 17.7. The number of carbonyl (C=O) groups excluding carboxylic acids is 2. The Morgan fingerprint density at radius 1 is 1.29 bits per heavy atom. The molecule has 1 heterocycles. The third-order valence-corrected chi connectivity index (χ3v) is 5.46. The molecule has 1 aliphatic heterocycles. The molecule has 0 saturated carbocycles. The van der Waals surface area contributed by atoms with Crippen LogP contribution >= 0.6 is 0 Å². The van der Waals surface area contributed by atoms with Crippen molar-refractivity contribution in [3.05, 3.63) is 30.1 Å². The third kappa shape index (κ3) is 5.48. The molecule has 0 unspecified atom stereocenters. The first-order chi connectivity index (χ1) is 11.2. The predicted octanol–water partition coefficient (Wildman–Crippen LogP) is 0.565. The number of nitrogens with one attached hydrogen (secondary N) is 2. The fraction of sp³-hybridized carbons (Fsp3) is 0.467. The fourth-order valence-corrected chi connectivity index (χ4v) is 4.21. The van der Waals surface area contributed by atoms with Gasteiger partial charge in [-0.05, 0) is 43.5 Å². The van der Waals surface area contributed by atoms with E-state index < -0.39 is 33.6 Å². The van der Waals surface area contributed by atoms with E-state index in [9.17, 15) is 22.4 Å². The fourth-order valence-electron chi connectivity index (χ4n) is 2.35. The minimum absolute atomic E-state index is 0.00154. The second-order valence-corrected chi connectivity index (χ2v) is 7.95. The van der Waals surface area contributed by atoms with Gasteiger partial charge in [0.1, 0.15) is 11.6 Å². The molecule has 1 saturated heterocycles. The van der Waals surface area contributed by atoms with Gasteiger partial charge in [-0.3, -0.25) is 20.4 Å². The highest BCUT2D eigenvalue weighted by atomic mass is 32.2. The first-order valence-corrected chi connectivity index (χ1v) is 9.28. The molecule has 1 aromatic carbocycles. The second kappa shape index (κ2) is 7.61. The second-order valence-electron chi connectivity index (χ2n) is 5.72. The highest BCUT2D eigenvalue weighted by Crippen LogP contribution is 2.21. The van der Waals surface area contributed by atoms with E-state index in [1.54, 1.807) is 0 Å². The van der Waals surface area contributed by atoms with Gasteiger partial charge in [-0.1, -0.05) is 0 Å². The van der Waals surface area contributed by atoms with Gasteiger partial charge in [-0.15, -0.1) is 0 Å². The van der Waals surface area contributed by atoms with Crippen molar-refractivity contribution in [1.82, 2.24) is 10.9 Å². The topological polar surface area (TPSA) is 102 Å². The van der Waals surface area contributed by atoms with Crippen LogP contribution in [0, 0.1) is 11.7 Å². The summed E-state index contributed by atoms with van der Waals surface area (Å²) in [5, 5.41) is 0. The molecule has 1 aromatic rings. The van der Waals surface area contributed by atoms with Gasteiger partial charge in [0.15, 0.2) is 15.9 Å². The van der Waals surface area contributed by atoms with Crippen LogP contribution in [0.4, 0.5) is 4.39 Å². The summed E-state index contributed by atoms with van der Waals surface area (Å²) in [6.45, 7) is 1.48. The number of benzene rings is 1. The minimum Gasteiger partial charge on any atom is -0.481 e. The number of hydrogen-bond donors (Lipinski definition) is 2. The van der Waals surface area contributed by atoms with Gasteiger partial charge in [0.05, 0.1) is 11.5 Å². The Morgan fingerprint density at radius 3 is 2.54 bits per heavy atom. The van der Waals surface area contributed by atoms with Gasteiger partial charge in [0, 0.05) is 6.42 Å². The van der Waals surface area contributed by atoms with Gasteiger partial charge in [0.2, 0.25) is 5.91 Å². The van der Waals surface area contributed by atoms with Crippen LogP contribution < -0.4 is 15.6 Å². The molecule has 132 valence electrons. The van der Waals surface area contributed by atoms with Crippen LogP contribution in [-0.2, 0) is 19.4 Å². The third-order valence-electron chi connectivity index (χ3n) is 3.62. The van der Waals surface area contributed by atoms with E-state index in [0.29, 0.717) is 12.2 Å². The Hall–Kier alpha value is -2.16. The summed E-state index contributed by atoms with van der Waals surface area (Å²) in [6.07, 6.45) is -0.414. The monoisotopic (exact) mass is 358 g/mol. The molecule has 2 amide bonds. The lowest BCUT2D eigenvalue weighted by molar-refractivity contribution is -0.133. The minimum atomic E-state index is -3.04. The molecule has 1 aliphatic rings. The van der Waals surface area contributed by atoms with Crippen LogP contribution in [0.2, 0.25) is 0 Å². The summed E-state index contributed by atoms with van der Waals surface area (Å²) < 4.78 is 40.8. The first kappa shape index (κ1) is 18.2. The molecule has 0 spiro atoms. The summed E-state index contributed by atoms with van der Waals surface area (Å²) in [4.78, 5) is 23.6. The van der Waals surface area contributed by atoms with E-state index in [2.05, 4.69) is 10.9 Å². The van der Waals surface area contributed by atoms with Gasteiger partial charge in [-0.2, -0.15) is 0 Å². The Bertz CT molecular complexity index is 705. The highest BCUT2D eigenvalue weighted by molar-refractivity contribution is 7.91. The van der Waals surface area contributed by atoms with E-state index in [4.69, 9.17) is 4.74 Å². The van der Waals surface area contributed by atoms with Crippen LogP contribution in [0.3, 0.4) is 0 Å². The first-order valence-electron chi connectivity index (χ1n) is 7.46. The van der Waals surface area contributed by atoms with Crippen LogP contribution in [-0.4, -0.2) is 37.8 Å². The van der Waals surface area contributed by atoms with Gasteiger partial charge in [-0.25, -0.2) is 12.8 Å². The largest absolute Gasteiger partial charge is 0.481 e. The Labute approximate surface area is 139 Å². The quantitative estimate of drug-likeness (QED) is 0.749. The van der Waals surface area contributed by atoms with Crippen molar-refractivity contribution in [2.24, 2.45) is 5.92 Å². The zero-order valence-electron chi connectivity index (χ0n) is 13.1. The van der Waals surface area contributed by atoms with E-state index in [1.165, 1.54) is 31.2 Å². The molecule has 0 aromatic heterocycles. The molecular formula is C15H19FN2O5S. The van der Waals surface area contributed by atoms with Gasteiger partial charge >= 0.3 is 0 Å². The average molecular weight is 358 g/mol. The van der Waals surface area contributed by atoms with Crippen LogP contribution in [0.25, 0.3) is 0 Å². The molecule has 2 N–H and O–H groups in total. The lowest BCUT2D eigenvalue weighted by atomic mass is 10.1. The number of carbonyl (C=O) groups is 2. The summed E-state index contributed by atoms with van der Waals surface area (Å²) in [6, 6.07) is 5.19. The summed E-state index contributed by atoms with van der Waals surface area (Å²) >= 11 is 0. The van der Waals surface area contributed by atoms with Crippen molar-refractivity contribution >= 4 is 21.7 Å². The van der Waals surface area contributed by atoms with Crippen LogP contribution in [0.1, 0.15) is 19.8 Å².